The zero-order chi connectivity index (χ0) is 26.0. The number of halogens is 2. The van der Waals surface area contributed by atoms with Gasteiger partial charge < -0.3 is 24.9 Å². The van der Waals surface area contributed by atoms with E-state index in [9.17, 15) is 14.4 Å². The predicted molar refractivity (Wildman–Crippen MR) is 145 cm³/mol. The van der Waals surface area contributed by atoms with E-state index in [0.717, 1.165) is 38.0 Å². The fourth-order valence-corrected chi connectivity index (χ4v) is 5.88. The van der Waals surface area contributed by atoms with Crippen LogP contribution in [0.25, 0.3) is 0 Å². The molecule has 196 valence electrons. The summed E-state index contributed by atoms with van der Waals surface area (Å²) in [5.74, 6) is -0.0252. The molecule has 0 radical (unpaired) electrons. The third-order valence-electron chi connectivity index (χ3n) is 7.67. The van der Waals surface area contributed by atoms with Crippen LogP contribution in [0.15, 0.2) is 48.5 Å². The van der Waals surface area contributed by atoms with E-state index in [4.69, 9.17) is 23.2 Å². The highest BCUT2D eigenvalue weighted by Gasteiger charge is 2.54. The Hall–Kier alpha value is -2.97. The number of piperidine rings is 2. The van der Waals surface area contributed by atoms with E-state index < -0.39 is 5.54 Å². The van der Waals surface area contributed by atoms with Gasteiger partial charge in [-0.05, 0) is 62.4 Å². The summed E-state index contributed by atoms with van der Waals surface area (Å²) in [5.41, 5.74) is 0.714. The van der Waals surface area contributed by atoms with Gasteiger partial charge in [0, 0.05) is 37.6 Å². The second-order valence-electron chi connectivity index (χ2n) is 9.93. The molecular formula is C27H31Cl2N5O3. The Bertz CT molecular complexity index is 1160. The second-order valence-corrected chi connectivity index (χ2v) is 10.7. The molecule has 1 N–H and O–H groups in total. The lowest BCUT2D eigenvalue weighted by Crippen LogP contribution is -2.58. The molecule has 3 aliphatic heterocycles. The van der Waals surface area contributed by atoms with Gasteiger partial charge in [0.15, 0.2) is 0 Å². The van der Waals surface area contributed by atoms with Crippen LogP contribution in [-0.2, 0) is 9.59 Å². The molecule has 3 saturated heterocycles. The minimum Gasteiger partial charge on any atom is -0.341 e. The molecule has 0 aliphatic carbocycles. The lowest BCUT2D eigenvalue weighted by atomic mass is 9.85. The van der Waals surface area contributed by atoms with E-state index in [1.807, 2.05) is 35.2 Å². The van der Waals surface area contributed by atoms with E-state index in [2.05, 4.69) is 10.2 Å². The summed E-state index contributed by atoms with van der Waals surface area (Å²) in [4.78, 5) is 47.3. The monoisotopic (exact) mass is 543 g/mol. The summed E-state index contributed by atoms with van der Waals surface area (Å²) in [6, 6.07) is 14.5. The number of hydrogen-bond donors (Lipinski definition) is 1. The molecule has 2 aromatic carbocycles. The Morgan fingerprint density at radius 3 is 2.24 bits per heavy atom. The van der Waals surface area contributed by atoms with Gasteiger partial charge >= 0.3 is 6.03 Å². The molecule has 3 fully saturated rings. The number of para-hydroxylation sites is 1. The van der Waals surface area contributed by atoms with Crippen LogP contribution in [0.1, 0.15) is 32.1 Å². The van der Waals surface area contributed by atoms with E-state index in [1.54, 1.807) is 28.0 Å². The molecule has 3 aliphatic rings. The van der Waals surface area contributed by atoms with E-state index in [1.165, 1.54) is 0 Å². The molecule has 1 spiro atoms. The van der Waals surface area contributed by atoms with Crippen molar-refractivity contribution < 1.29 is 14.4 Å². The number of nitrogens with one attached hydrogen (secondary N) is 1. The van der Waals surface area contributed by atoms with Crippen LogP contribution < -0.4 is 10.2 Å². The zero-order valence-electron chi connectivity index (χ0n) is 20.7. The van der Waals surface area contributed by atoms with Crippen molar-refractivity contribution in [2.24, 2.45) is 0 Å². The Morgan fingerprint density at radius 2 is 1.57 bits per heavy atom. The number of hydrogen-bond acceptors (Lipinski definition) is 4. The highest BCUT2D eigenvalue weighted by atomic mass is 35.5. The average molecular weight is 544 g/mol. The Labute approximate surface area is 227 Å². The summed E-state index contributed by atoms with van der Waals surface area (Å²) in [6.45, 7) is 2.80. The van der Waals surface area contributed by atoms with Crippen LogP contribution in [0.5, 0.6) is 0 Å². The fourth-order valence-electron chi connectivity index (χ4n) is 5.59. The van der Waals surface area contributed by atoms with Gasteiger partial charge in [-0.15, -0.1) is 0 Å². The largest absolute Gasteiger partial charge is 0.341 e. The number of amides is 4. The van der Waals surface area contributed by atoms with Crippen LogP contribution in [-0.4, -0.2) is 77.5 Å². The minimum atomic E-state index is -0.788. The molecule has 0 bridgehead atoms. The number of carbonyl (C=O) groups is 3. The van der Waals surface area contributed by atoms with E-state index in [-0.39, 0.29) is 24.4 Å². The highest BCUT2D eigenvalue weighted by Crippen LogP contribution is 2.39. The van der Waals surface area contributed by atoms with Gasteiger partial charge in [-0.25, -0.2) is 4.79 Å². The summed E-state index contributed by atoms with van der Waals surface area (Å²) in [5, 5.41) is 3.66. The van der Waals surface area contributed by atoms with Crippen LogP contribution in [0.3, 0.4) is 0 Å². The first-order valence-corrected chi connectivity index (χ1v) is 13.5. The molecular weight excluding hydrogens is 513 g/mol. The number of nitrogens with zero attached hydrogens (tertiary/aromatic N) is 4. The van der Waals surface area contributed by atoms with Crippen molar-refractivity contribution in [1.82, 2.24) is 14.7 Å². The van der Waals surface area contributed by atoms with Crippen LogP contribution >= 0.6 is 23.2 Å². The first-order valence-electron chi connectivity index (χ1n) is 12.8. The van der Waals surface area contributed by atoms with Gasteiger partial charge in [-0.1, -0.05) is 41.4 Å². The smallest absolute Gasteiger partial charge is 0.321 e. The molecule has 3 heterocycles. The molecule has 37 heavy (non-hydrogen) atoms. The third kappa shape index (κ3) is 5.22. The van der Waals surface area contributed by atoms with Gasteiger partial charge in [0.05, 0.1) is 16.7 Å². The predicted octanol–water partition coefficient (Wildman–Crippen LogP) is 4.68. The van der Waals surface area contributed by atoms with Crippen molar-refractivity contribution in [2.75, 3.05) is 49.6 Å². The van der Waals surface area contributed by atoms with Crippen molar-refractivity contribution in [2.45, 2.75) is 37.6 Å². The Kier molecular flexibility index (Phi) is 7.49. The molecule has 0 aromatic heterocycles. The molecule has 5 rings (SSSR count). The van der Waals surface area contributed by atoms with Gasteiger partial charge in [-0.3, -0.25) is 9.59 Å². The lowest BCUT2D eigenvalue weighted by molar-refractivity contribution is -0.141. The maximum atomic E-state index is 13.9. The summed E-state index contributed by atoms with van der Waals surface area (Å²) >= 11 is 12.1. The van der Waals surface area contributed by atoms with Crippen molar-refractivity contribution in [3.63, 3.8) is 0 Å². The number of likely N-dealkylation sites (tertiary alicyclic amines) is 2. The Balaban J connectivity index is 1.30. The van der Waals surface area contributed by atoms with E-state index >= 15 is 0 Å². The number of benzene rings is 2. The SMILES string of the molecule is O=C(CN1CN(c2ccccc2)C2(CCN(C(=O)Nc3ccc(Cl)c(Cl)c3)CC2)C1=O)N1CCCCC1. The fraction of sp³-hybridized carbons (Fsp3) is 0.444. The quantitative estimate of drug-likeness (QED) is 0.607. The average Bonchev–Trinajstić information content (AvgIpc) is 3.18. The maximum absolute atomic E-state index is 13.9. The standard InChI is InChI=1S/C27H31Cl2N5O3/c28-22-10-9-20(17-23(22)29)30-26(37)32-15-11-27(12-16-32)25(36)33(18-24(35)31-13-5-2-6-14-31)19-34(27)21-7-3-1-4-8-21/h1,3-4,7-10,17H,2,5-6,11-16,18-19H2,(H,30,37). The van der Waals surface area contributed by atoms with Gasteiger partial charge in [0.2, 0.25) is 5.91 Å². The number of anilines is 2. The summed E-state index contributed by atoms with van der Waals surface area (Å²) in [7, 11) is 0. The second kappa shape index (κ2) is 10.8. The number of urea groups is 1. The first kappa shape index (κ1) is 25.7. The van der Waals surface area contributed by atoms with Crippen LogP contribution in [0.4, 0.5) is 16.2 Å². The maximum Gasteiger partial charge on any atom is 0.321 e. The summed E-state index contributed by atoms with van der Waals surface area (Å²) in [6.07, 6.45) is 4.13. The van der Waals surface area contributed by atoms with Gasteiger partial charge in [0.1, 0.15) is 12.1 Å². The normalized spacial score (nSPS) is 19.5. The molecule has 2 aromatic rings. The molecule has 0 saturated carbocycles. The van der Waals surface area contributed by atoms with Crippen molar-refractivity contribution in [1.29, 1.82) is 0 Å². The Morgan fingerprint density at radius 1 is 0.865 bits per heavy atom. The molecule has 8 nitrogen and oxygen atoms in total. The van der Waals surface area contributed by atoms with Gasteiger partial charge in [0.25, 0.3) is 5.91 Å². The van der Waals surface area contributed by atoms with Crippen molar-refractivity contribution >= 4 is 52.4 Å². The molecule has 10 heteroatoms. The molecule has 0 atom stereocenters. The zero-order valence-corrected chi connectivity index (χ0v) is 22.2. The van der Waals surface area contributed by atoms with Crippen molar-refractivity contribution in [3.05, 3.63) is 58.6 Å². The molecule has 0 unspecified atom stereocenters. The minimum absolute atomic E-state index is 0.0107. The summed E-state index contributed by atoms with van der Waals surface area (Å²) < 4.78 is 0. The number of carbonyl (C=O) groups excluding carboxylic acids is 3. The van der Waals surface area contributed by atoms with Gasteiger partial charge in [-0.2, -0.15) is 0 Å². The van der Waals surface area contributed by atoms with Crippen molar-refractivity contribution in [3.8, 4) is 0 Å². The van der Waals surface area contributed by atoms with Crippen LogP contribution in [0.2, 0.25) is 10.0 Å². The highest BCUT2D eigenvalue weighted by molar-refractivity contribution is 6.42. The van der Waals surface area contributed by atoms with E-state index in [0.29, 0.717) is 48.3 Å². The van der Waals surface area contributed by atoms with Crippen LogP contribution in [0, 0.1) is 0 Å². The lowest BCUT2D eigenvalue weighted by Gasteiger charge is -2.43. The first-order chi connectivity index (χ1) is 17.9. The number of rotatable bonds is 4. The third-order valence-corrected chi connectivity index (χ3v) is 8.40. The topological polar surface area (TPSA) is 76.2 Å². The molecule has 4 amide bonds.